The van der Waals surface area contributed by atoms with Gasteiger partial charge in [-0.1, -0.05) is 48.5 Å². The number of benzene rings is 2. The minimum absolute atomic E-state index is 0.768. The van der Waals surface area contributed by atoms with Gasteiger partial charge in [0.2, 0.25) is 0 Å². The van der Waals surface area contributed by atoms with E-state index in [9.17, 15) is 5.26 Å². The van der Waals surface area contributed by atoms with Crippen molar-refractivity contribution in [1.29, 1.82) is 5.26 Å². The van der Waals surface area contributed by atoms with Crippen LogP contribution in [0.15, 0.2) is 60.7 Å². The molecule has 0 radical (unpaired) electrons. The first-order valence-corrected chi connectivity index (χ1v) is 8.49. The van der Waals surface area contributed by atoms with Gasteiger partial charge in [-0.3, -0.25) is 0 Å². The van der Waals surface area contributed by atoms with Gasteiger partial charge in [-0.15, -0.1) is 11.3 Å². The monoisotopic (exact) mass is 318 g/mol. The smallest absolute Gasteiger partial charge is 0.114 e. The SMILES string of the molecule is CCN(c1ccccc1)c1sc(C)c(-c2ccccc2)c1C#N. The molecule has 0 amide bonds. The van der Waals surface area contributed by atoms with Gasteiger partial charge < -0.3 is 4.90 Å². The summed E-state index contributed by atoms with van der Waals surface area (Å²) in [6, 6.07) is 22.8. The van der Waals surface area contributed by atoms with Gasteiger partial charge >= 0.3 is 0 Å². The highest BCUT2D eigenvalue weighted by Crippen LogP contribution is 2.43. The molecule has 3 rings (SSSR count). The fourth-order valence-electron chi connectivity index (χ4n) is 2.83. The van der Waals surface area contributed by atoms with E-state index in [0.29, 0.717) is 0 Å². The van der Waals surface area contributed by atoms with E-state index >= 15 is 0 Å². The van der Waals surface area contributed by atoms with Gasteiger partial charge in [0.05, 0.1) is 5.56 Å². The van der Waals surface area contributed by atoms with E-state index in [-0.39, 0.29) is 0 Å². The Morgan fingerprint density at radius 1 is 1.00 bits per heavy atom. The Hall–Kier alpha value is -2.57. The summed E-state index contributed by atoms with van der Waals surface area (Å²) in [7, 11) is 0. The first-order valence-electron chi connectivity index (χ1n) is 7.67. The molecule has 0 spiro atoms. The number of hydrogen-bond donors (Lipinski definition) is 0. The molecular formula is C20H18N2S. The minimum atomic E-state index is 0.768. The van der Waals surface area contributed by atoms with Crippen LogP contribution in [0.1, 0.15) is 17.4 Å². The number of nitriles is 1. The van der Waals surface area contributed by atoms with Crippen molar-refractivity contribution in [2.45, 2.75) is 13.8 Å². The van der Waals surface area contributed by atoms with Gasteiger partial charge in [0.15, 0.2) is 0 Å². The molecule has 23 heavy (non-hydrogen) atoms. The number of anilines is 2. The van der Waals surface area contributed by atoms with E-state index in [1.807, 2.05) is 36.4 Å². The molecule has 2 aromatic carbocycles. The second-order valence-electron chi connectivity index (χ2n) is 5.27. The lowest BCUT2D eigenvalue weighted by Crippen LogP contribution is -2.15. The highest BCUT2D eigenvalue weighted by atomic mass is 32.1. The minimum Gasteiger partial charge on any atom is -0.332 e. The molecule has 0 N–H and O–H groups in total. The Labute approximate surface area is 141 Å². The van der Waals surface area contributed by atoms with Crippen LogP contribution >= 0.6 is 11.3 Å². The van der Waals surface area contributed by atoms with Gasteiger partial charge in [-0.2, -0.15) is 5.26 Å². The molecule has 2 nitrogen and oxygen atoms in total. The number of para-hydroxylation sites is 1. The summed E-state index contributed by atoms with van der Waals surface area (Å²) >= 11 is 1.69. The van der Waals surface area contributed by atoms with E-state index in [1.54, 1.807) is 11.3 Å². The average molecular weight is 318 g/mol. The van der Waals surface area contributed by atoms with Crippen LogP contribution in [0.5, 0.6) is 0 Å². The standard InChI is InChI=1S/C20H18N2S/c1-3-22(17-12-8-5-9-13-17)20-18(14-21)19(15(2)23-20)16-10-6-4-7-11-16/h4-13H,3H2,1-2H3. The van der Waals surface area contributed by atoms with Crippen molar-refractivity contribution in [3.63, 3.8) is 0 Å². The Bertz CT molecular complexity index is 829. The Morgan fingerprint density at radius 3 is 2.17 bits per heavy atom. The first kappa shape index (κ1) is 15.3. The number of thiophene rings is 1. The second kappa shape index (κ2) is 6.68. The lowest BCUT2D eigenvalue weighted by Gasteiger charge is -2.22. The van der Waals surface area contributed by atoms with Crippen molar-refractivity contribution >= 4 is 22.0 Å². The molecule has 0 unspecified atom stereocenters. The van der Waals surface area contributed by atoms with Crippen LogP contribution < -0.4 is 4.90 Å². The zero-order valence-electron chi connectivity index (χ0n) is 13.3. The van der Waals surface area contributed by atoms with Crippen molar-refractivity contribution in [3.8, 4) is 17.2 Å². The maximum Gasteiger partial charge on any atom is 0.114 e. The number of nitrogens with zero attached hydrogens (tertiary/aromatic N) is 2. The van der Waals surface area contributed by atoms with Crippen LogP contribution in [0.2, 0.25) is 0 Å². The van der Waals surface area contributed by atoms with Gasteiger partial charge in [-0.05, 0) is 31.5 Å². The zero-order chi connectivity index (χ0) is 16.2. The summed E-state index contributed by atoms with van der Waals surface area (Å²) in [5.74, 6) is 0. The first-order chi connectivity index (χ1) is 11.3. The molecule has 114 valence electrons. The molecule has 0 aliphatic rings. The summed E-state index contributed by atoms with van der Waals surface area (Å²) in [6.07, 6.45) is 0. The second-order valence-corrected chi connectivity index (χ2v) is 6.47. The molecule has 3 aromatic rings. The van der Waals surface area contributed by atoms with Crippen LogP contribution in [-0.2, 0) is 0 Å². The molecule has 0 aliphatic carbocycles. The molecule has 1 heterocycles. The Morgan fingerprint density at radius 2 is 1.61 bits per heavy atom. The summed E-state index contributed by atoms with van der Waals surface area (Å²) in [6.45, 7) is 5.04. The zero-order valence-corrected chi connectivity index (χ0v) is 14.1. The molecule has 0 bridgehead atoms. The summed E-state index contributed by atoms with van der Waals surface area (Å²) in [4.78, 5) is 3.39. The molecule has 0 fully saturated rings. The van der Waals surface area contributed by atoms with E-state index in [2.05, 4.69) is 49.1 Å². The summed E-state index contributed by atoms with van der Waals surface area (Å²) in [5, 5.41) is 10.8. The largest absolute Gasteiger partial charge is 0.332 e. The topological polar surface area (TPSA) is 27.0 Å². The van der Waals surface area contributed by atoms with Gasteiger partial charge in [0.25, 0.3) is 0 Å². The van der Waals surface area contributed by atoms with Crippen LogP contribution in [0.25, 0.3) is 11.1 Å². The van der Waals surface area contributed by atoms with E-state index in [0.717, 1.165) is 33.9 Å². The molecule has 1 aromatic heterocycles. The molecule has 0 aliphatic heterocycles. The summed E-state index contributed by atoms with van der Waals surface area (Å²) < 4.78 is 0. The van der Waals surface area contributed by atoms with Crippen LogP contribution in [0, 0.1) is 18.3 Å². The van der Waals surface area contributed by atoms with Crippen LogP contribution in [-0.4, -0.2) is 6.54 Å². The van der Waals surface area contributed by atoms with Crippen LogP contribution in [0.4, 0.5) is 10.7 Å². The van der Waals surface area contributed by atoms with Gasteiger partial charge in [0.1, 0.15) is 11.1 Å². The van der Waals surface area contributed by atoms with Crippen molar-refractivity contribution in [2.75, 3.05) is 11.4 Å². The molecular weight excluding hydrogens is 300 g/mol. The third-order valence-electron chi connectivity index (χ3n) is 3.87. The highest BCUT2D eigenvalue weighted by molar-refractivity contribution is 7.17. The summed E-state index contributed by atoms with van der Waals surface area (Å²) in [5.41, 5.74) is 4.05. The van der Waals surface area contributed by atoms with E-state index in [1.165, 1.54) is 4.88 Å². The maximum atomic E-state index is 9.80. The Kier molecular flexibility index (Phi) is 4.45. The van der Waals surface area contributed by atoms with Crippen molar-refractivity contribution in [2.24, 2.45) is 0 Å². The lowest BCUT2D eigenvalue weighted by molar-refractivity contribution is 1.04. The van der Waals surface area contributed by atoms with E-state index < -0.39 is 0 Å². The average Bonchev–Trinajstić information content (AvgIpc) is 2.93. The molecule has 0 atom stereocenters. The third-order valence-corrected chi connectivity index (χ3v) is 5.00. The molecule has 0 saturated heterocycles. The van der Waals surface area contributed by atoms with Gasteiger partial charge in [0, 0.05) is 22.7 Å². The predicted molar refractivity (Wildman–Crippen MR) is 98.3 cm³/mol. The van der Waals surface area contributed by atoms with Gasteiger partial charge in [-0.25, -0.2) is 0 Å². The van der Waals surface area contributed by atoms with E-state index in [4.69, 9.17) is 0 Å². The third kappa shape index (κ3) is 2.86. The fourth-order valence-corrected chi connectivity index (χ4v) is 4.03. The predicted octanol–water partition coefficient (Wildman–Crippen LogP) is 5.75. The molecule has 3 heteroatoms. The van der Waals surface area contributed by atoms with Crippen molar-refractivity contribution in [3.05, 3.63) is 71.1 Å². The number of rotatable bonds is 4. The van der Waals surface area contributed by atoms with Crippen molar-refractivity contribution in [1.82, 2.24) is 0 Å². The number of hydrogen-bond acceptors (Lipinski definition) is 3. The quantitative estimate of drug-likeness (QED) is 0.612. The normalized spacial score (nSPS) is 10.3. The van der Waals surface area contributed by atoms with Crippen LogP contribution in [0.3, 0.4) is 0 Å². The highest BCUT2D eigenvalue weighted by Gasteiger charge is 2.21. The number of aryl methyl sites for hydroxylation is 1. The fraction of sp³-hybridized carbons (Fsp3) is 0.150. The lowest BCUT2D eigenvalue weighted by atomic mass is 10.0. The maximum absolute atomic E-state index is 9.80. The van der Waals surface area contributed by atoms with Crippen molar-refractivity contribution < 1.29 is 0 Å². The Balaban J connectivity index is 2.16. The molecule has 0 saturated carbocycles.